The summed E-state index contributed by atoms with van der Waals surface area (Å²) < 4.78 is 0. The van der Waals surface area contributed by atoms with E-state index in [4.69, 9.17) is 5.11 Å². The molecule has 0 saturated carbocycles. The molecule has 0 aliphatic carbocycles. The van der Waals surface area contributed by atoms with Gasteiger partial charge < -0.3 is 15.0 Å². The largest absolute Gasteiger partial charge is 0.396 e. The summed E-state index contributed by atoms with van der Waals surface area (Å²) >= 11 is 0. The summed E-state index contributed by atoms with van der Waals surface area (Å²) in [7, 11) is 0. The maximum atomic E-state index is 12.3. The zero-order valence-corrected chi connectivity index (χ0v) is 10.3. The minimum Gasteiger partial charge on any atom is -0.396 e. The minimum atomic E-state index is -0.244. The van der Waals surface area contributed by atoms with Crippen molar-refractivity contribution in [1.29, 1.82) is 0 Å². The van der Waals surface area contributed by atoms with E-state index in [2.05, 4.69) is 4.98 Å². The van der Waals surface area contributed by atoms with Gasteiger partial charge in [0.2, 0.25) is 0 Å². The summed E-state index contributed by atoms with van der Waals surface area (Å²) in [6.45, 7) is 0.841. The molecule has 1 amide bonds. The molecule has 0 spiro atoms. The standard InChI is InChI=1S/C13H18N2O3/c16-8-2-4-10-3-1-7-15(10)13(18)11-9-14-6-5-12(11)17/h5-6,9-10,16H,1-4,7-8H2,(H,14,17). The molecule has 0 aromatic carbocycles. The lowest BCUT2D eigenvalue weighted by Crippen LogP contribution is -2.38. The number of aromatic amines is 1. The topological polar surface area (TPSA) is 73.4 Å². The first-order valence-electron chi connectivity index (χ1n) is 6.33. The number of nitrogens with zero attached hydrogens (tertiary/aromatic N) is 1. The van der Waals surface area contributed by atoms with Crippen LogP contribution >= 0.6 is 0 Å². The van der Waals surface area contributed by atoms with Gasteiger partial charge in [0.05, 0.1) is 0 Å². The summed E-state index contributed by atoms with van der Waals surface area (Å²) in [6, 6.07) is 1.52. The Morgan fingerprint density at radius 1 is 1.56 bits per heavy atom. The number of nitrogens with one attached hydrogen (secondary N) is 1. The van der Waals surface area contributed by atoms with E-state index in [9.17, 15) is 9.59 Å². The van der Waals surface area contributed by atoms with Gasteiger partial charge in [0, 0.05) is 37.7 Å². The van der Waals surface area contributed by atoms with Crippen LogP contribution in [0.25, 0.3) is 0 Å². The maximum Gasteiger partial charge on any atom is 0.259 e. The van der Waals surface area contributed by atoms with Crippen molar-refractivity contribution >= 4 is 5.91 Å². The molecule has 1 aliphatic rings. The summed E-state index contributed by atoms with van der Waals surface area (Å²) in [6.07, 6.45) is 6.40. The third kappa shape index (κ3) is 2.61. The van der Waals surface area contributed by atoms with Crippen LogP contribution in [0.15, 0.2) is 23.3 Å². The lowest BCUT2D eigenvalue weighted by atomic mass is 10.1. The third-order valence-corrected chi connectivity index (χ3v) is 3.39. The highest BCUT2D eigenvalue weighted by Crippen LogP contribution is 2.22. The third-order valence-electron chi connectivity index (χ3n) is 3.39. The van der Waals surface area contributed by atoms with Gasteiger partial charge in [-0.1, -0.05) is 0 Å². The molecule has 2 N–H and O–H groups in total. The molecule has 18 heavy (non-hydrogen) atoms. The number of hydrogen-bond acceptors (Lipinski definition) is 3. The smallest absolute Gasteiger partial charge is 0.259 e. The van der Waals surface area contributed by atoms with Crippen LogP contribution < -0.4 is 5.43 Å². The summed E-state index contributed by atoms with van der Waals surface area (Å²) in [5.41, 5.74) is -0.0417. The zero-order chi connectivity index (χ0) is 13.0. The fourth-order valence-corrected chi connectivity index (χ4v) is 2.47. The molecule has 98 valence electrons. The van der Waals surface area contributed by atoms with E-state index in [0.717, 1.165) is 19.3 Å². The summed E-state index contributed by atoms with van der Waals surface area (Å²) in [5.74, 6) is -0.197. The van der Waals surface area contributed by atoms with E-state index in [-0.39, 0.29) is 29.5 Å². The predicted octanol–water partition coefficient (Wildman–Crippen LogP) is 0.752. The molecule has 1 fully saturated rings. The van der Waals surface area contributed by atoms with Crippen LogP contribution in [0.2, 0.25) is 0 Å². The van der Waals surface area contributed by atoms with E-state index >= 15 is 0 Å². The number of hydrogen-bond donors (Lipinski definition) is 2. The normalized spacial score (nSPS) is 19.2. The number of amides is 1. The molecular weight excluding hydrogens is 232 g/mol. The van der Waals surface area contributed by atoms with Gasteiger partial charge in [-0.05, 0) is 25.7 Å². The SMILES string of the molecule is O=C(c1c[nH]ccc1=O)N1CCCC1CCCO. The van der Waals surface area contributed by atoms with Gasteiger partial charge in [0.25, 0.3) is 5.91 Å². The molecule has 1 aliphatic heterocycles. The number of aliphatic hydroxyl groups is 1. The number of carbonyl (C=O) groups excluding carboxylic acids is 1. The second kappa shape index (κ2) is 5.82. The second-order valence-corrected chi connectivity index (χ2v) is 4.58. The fraction of sp³-hybridized carbons (Fsp3) is 0.538. The molecule has 1 saturated heterocycles. The number of aliphatic hydroxyl groups excluding tert-OH is 1. The van der Waals surface area contributed by atoms with E-state index in [1.165, 1.54) is 18.5 Å². The van der Waals surface area contributed by atoms with Crippen LogP contribution in [-0.2, 0) is 0 Å². The quantitative estimate of drug-likeness (QED) is 0.828. The van der Waals surface area contributed by atoms with Crippen LogP contribution in [0, 0.1) is 0 Å². The van der Waals surface area contributed by atoms with Crippen molar-refractivity contribution in [2.75, 3.05) is 13.2 Å². The first-order chi connectivity index (χ1) is 8.74. The van der Waals surface area contributed by atoms with E-state index in [1.807, 2.05) is 0 Å². The Bertz CT molecular complexity index is 469. The van der Waals surface area contributed by atoms with Crippen LogP contribution in [0.5, 0.6) is 0 Å². The number of rotatable bonds is 4. The van der Waals surface area contributed by atoms with Gasteiger partial charge in [-0.2, -0.15) is 0 Å². The minimum absolute atomic E-state index is 0.143. The number of carbonyl (C=O) groups is 1. The van der Waals surface area contributed by atoms with Crippen molar-refractivity contribution in [2.45, 2.75) is 31.7 Å². The van der Waals surface area contributed by atoms with Gasteiger partial charge in [-0.25, -0.2) is 0 Å². The molecule has 2 rings (SSSR count). The number of pyridine rings is 1. The van der Waals surface area contributed by atoms with Gasteiger partial charge >= 0.3 is 0 Å². The molecule has 5 nitrogen and oxygen atoms in total. The Labute approximate surface area is 105 Å². The van der Waals surface area contributed by atoms with E-state index in [0.29, 0.717) is 13.0 Å². The average molecular weight is 250 g/mol. The fourth-order valence-electron chi connectivity index (χ4n) is 2.47. The Kier molecular flexibility index (Phi) is 4.15. The van der Waals surface area contributed by atoms with Gasteiger partial charge in [0.15, 0.2) is 5.43 Å². The molecule has 5 heteroatoms. The first kappa shape index (κ1) is 12.8. The zero-order valence-electron chi connectivity index (χ0n) is 10.3. The molecule has 0 bridgehead atoms. The highest BCUT2D eigenvalue weighted by molar-refractivity contribution is 5.94. The highest BCUT2D eigenvalue weighted by atomic mass is 16.3. The summed E-state index contributed by atoms with van der Waals surface area (Å²) in [5, 5.41) is 8.85. The summed E-state index contributed by atoms with van der Waals surface area (Å²) in [4.78, 5) is 28.5. The Balaban J connectivity index is 2.13. The van der Waals surface area contributed by atoms with Crippen molar-refractivity contribution in [3.05, 3.63) is 34.2 Å². The number of likely N-dealkylation sites (tertiary alicyclic amines) is 1. The predicted molar refractivity (Wildman–Crippen MR) is 67.4 cm³/mol. The maximum absolute atomic E-state index is 12.3. The van der Waals surface area contributed by atoms with Crippen molar-refractivity contribution in [1.82, 2.24) is 9.88 Å². The average Bonchev–Trinajstić information content (AvgIpc) is 2.84. The molecule has 1 aromatic heterocycles. The van der Waals surface area contributed by atoms with Gasteiger partial charge in [0.1, 0.15) is 5.56 Å². The lowest BCUT2D eigenvalue weighted by molar-refractivity contribution is 0.0723. The number of aromatic nitrogens is 1. The molecule has 0 radical (unpaired) electrons. The van der Waals surface area contributed by atoms with Crippen molar-refractivity contribution in [2.24, 2.45) is 0 Å². The second-order valence-electron chi connectivity index (χ2n) is 4.58. The highest BCUT2D eigenvalue weighted by Gasteiger charge is 2.29. The van der Waals surface area contributed by atoms with Crippen LogP contribution in [0.1, 0.15) is 36.0 Å². The van der Waals surface area contributed by atoms with Gasteiger partial charge in [-0.3, -0.25) is 9.59 Å². The molecule has 1 unspecified atom stereocenters. The molecule has 1 atom stereocenters. The van der Waals surface area contributed by atoms with Crippen molar-refractivity contribution in [3.8, 4) is 0 Å². The Morgan fingerprint density at radius 2 is 2.39 bits per heavy atom. The van der Waals surface area contributed by atoms with Crippen LogP contribution in [0.4, 0.5) is 0 Å². The van der Waals surface area contributed by atoms with Gasteiger partial charge in [-0.15, -0.1) is 0 Å². The molecule has 1 aromatic rings. The Hall–Kier alpha value is -1.62. The van der Waals surface area contributed by atoms with Crippen LogP contribution in [0.3, 0.4) is 0 Å². The monoisotopic (exact) mass is 250 g/mol. The molecular formula is C13H18N2O3. The van der Waals surface area contributed by atoms with Crippen LogP contribution in [-0.4, -0.2) is 40.1 Å². The lowest BCUT2D eigenvalue weighted by Gasteiger charge is -2.24. The van der Waals surface area contributed by atoms with E-state index in [1.54, 1.807) is 4.90 Å². The van der Waals surface area contributed by atoms with E-state index < -0.39 is 0 Å². The Morgan fingerprint density at radius 3 is 3.11 bits per heavy atom. The molecule has 2 heterocycles. The number of H-pyrrole nitrogens is 1. The first-order valence-corrected chi connectivity index (χ1v) is 6.33. The van der Waals surface area contributed by atoms with Crippen molar-refractivity contribution < 1.29 is 9.90 Å². The van der Waals surface area contributed by atoms with Crippen molar-refractivity contribution in [3.63, 3.8) is 0 Å².